The van der Waals surface area contributed by atoms with Crippen LogP contribution in [0.4, 0.5) is 0 Å². The Morgan fingerprint density at radius 2 is 1.67 bits per heavy atom. The molecule has 1 aromatic carbocycles. The summed E-state index contributed by atoms with van der Waals surface area (Å²) in [5, 5.41) is 1.72. The maximum atomic E-state index is 12.3. The van der Waals surface area contributed by atoms with Gasteiger partial charge in [-0.2, -0.15) is 0 Å². The maximum absolute atomic E-state index is 12.3. The number of hydrogen-bond donors (Lipinski definition) is 0. The molecule has 0 N–H and O–H groups in total. The second kappa shape index (κ2) is 7.75. The van der Waals surface area contributed by atoms with E-state index in [1.807, 2.05) is 18.2 Å². The highest BCUT2D eigenvalue weighted by Gasteiger charge is 2.31. The quantitative estimate of drug-likeness (QED) is 0.401. The van der Waals surface area contributed by atoms with Crippen LogP contribution >= 0.6 is 11.6 Å². The second-order valence-corrected chi connectivity index (χ2v) is 10.0. The molecule has 0 saturated heterocycles. The van der Waals surface area contributed by atoms with Gasteiger partial charge in [-0.3, -0.25) is 0 Å². The Hall–Kier alpha value is -0.603. The Labute approximate surface area is 117 Å². The molecule has 0 aliphatic heterocycles. The van der Waals surface area contributed by atoms with Gasteiger partial charge < -0.3 is 4.79 Å². The summed E-state index contributed by atoms with van der Waals surface area (Å²) < 4.78 is 0. The van der Waals surface area contributed by atoms with E-state index in [0.717, 1.165) is 38.0 Å². The summed E-state index contributed by atoms with van der Waals surface area (Å²) in [7, 11) is -1.92. The molecule has 0 heterocycles. The molecule has 0 saturated carbocycles. The molecule has 0 aromatic heterocycles. The lowest BCUT2D eigenvalue weighted by molar-refractivity contribution is -0.112. The van der Waals surface area contributed by atoms with Crippen molar-refractivity contribution in [3.63, 3.8) is 0 Å². The van der Waals surface area contributed by atoms with Gasteiger partial charge in [-0.1, -0.05) is 61.5 Å². The first-order valence-corrected chi connectivity index (χ1v) is 10.3. The fraction of sp³-hybridized carbons (Fsp3) is 0.533. The standard InChI is InChI=1S/C15H23ClOSi/c1-18(2,14-10-6-5-7-11-14)15(17)12-8-3-4-9-13-16/h5-7,10-11H,3-4,8-9,12-13H2,1-2H3. The number of alkyl halides is 1. The summed E-state index contributed by atoms with van der Waals surface area (Å²) in [5.74, 6) is 0.734. The van der Waals surface area contributed by atoms with Gasteiger partial charge in [0.05, 0.1) is 0 Å². The van der Waals surface area contributed by atoms with Crippen LogP contribution in [-0.2, 0) is 4.79 Å². The van der Waals surface area contributed by atoms with Crippen molar-refractivity contribution in [2.75, 3.05) is 5.88 Å². The summed E-state index contributed by atoms with van der Waals surface area (Å²) in [4.78, 5) is 12.3. The minimum Gasteiger partial charge on any atom is -0.305 e. The van der Waals surface area contributed by atoms with Gasteiger partial charge in [0.1, 0.15) is 5.41 Å². The second-order valence-electron chi connectivity index (χ2n) is 5.27. The van der Waals surface area contributed by atoms with Crippen LogP contribution in [0.1, 0.15) is 32.1 Å². The van der Waals surface area contributed by atoms with Crippen molar-refractivity contribution in [3.8, 4) is 0 Å². The molecule has 0 amide bonds. The van der Waals surface area contributed by atoms with Crippen LogP contribution in [0.25, 0.3) is 0 Å². The Morgan fingerprint density at radius 1 is 1.06 bits per heavy atom. The lowest BCUT2D eigenvalue weighted by Gasteiger charge is -2.21. The van der Waals surface area contributed by atoms with E-state index < -0.39 is 8.07 Å². The Morgan fingerprint density at radius 3 is 2.28 bits per heavy atom. The zero-order chi connectivity index (χ0) is 13.4. The normalized spacial score (nSPS) is 11.5. The fourth-order valence-electron chi connectivity index (χ4n) is 2.06. The van der Waals surface area contributed by atoms with Crippen molar-refractivity contribution in [1.29, 1.82) is 0 Å². The summed E-state index contributed by atoms with van der Waals surface area (Å²) in [6.07, 6.45) is 5.08. The van der Waals surface area contributed by atoms with Gasteiger partial charge in [-0.05, 0) is 12.8 Å². The van der Waals surface area contributed by atoms with Gasteiger partial charge in [0, 0.05) is 12.3 Å². The van der Waals surface area contributed by atoms with E-state index in [1.54, 1.807) is 0 Å². The minimum absolute atomic E-state index is 0.472. The molecule has 0 aliphatic rings. The van der Waals surface area contributed by atoms with Crippen molar-refractivity contribution in [3.05, 3.63) is 30.3 Å². The van der Waals surface area contributed by atoms with Crippen LogP contribution in [0.5, 0.6) is 0 Å². The molecule has 0 spiro atoms. The Balaban J connectivity index is 2.45. The fourth-order valence-corrected chi connectivity index (χ4v) is 4.40. The zero-order valence-electron chi connectivity index (χ0n) is 11.4. The van der Waals surface area contributed by atoms with Gasteiger partial charge >= 0.3 is 0 Å². The van der Waals surface area contributed by atoms with Gasteiger partial charge in [0.25, 0.3) is 0 Å². The first-order chi connectivity index (χ1) is 8.59. The average Bonchev–Trinajstić information content (AvgIpc) is 2.39. The van der Waals surface area contributed by atoms with Crippen molar-refractivity contribution in [1.82, 2.24) is 0 Å². The summed E-state index contributed by atoms with van der Waals surface area (Å²) in [6, 6.07) is 10.2. The predicted octanol–water partition coefficient (Wildman–Crippen LogP) is 3.90. The van der Waals surface area contributed by atoms with E-state index in [0.29, 0.717) is 5.41 Å². The third kappa shape index (κ3) is 4.58. The SMILES string of the molecule is C[Si](C)(C(=O)CCCCCCCl)c1ccccc1. The largest absolute Gasteiger partial charge is 0.305 e. The number of benzene rings is 1. The summed E-state index contributed by atoms with van der Waals surface area (Å²) in [6.45, 7) is 4.31. The van der Waals surface area contributed by atoms with Crippen molar-refractivity contribution >= 4 is 30.3 Å². The van der Waals surface area contributed by atoms with Gasteiger partial charge in [0.15, 0.2) is 8.07 Å². The summed E-state index contributed by atoms with van der Waals surface area (Å²) in [5.41, 5.74) is 0. The van der Waals surface area contributed by atoms with Crippen LogP contribution in [0.3, 0.4) is 0 Å². The van der Waals surface area contributed by atoms with Gasteiger partial charge in [-0.25, -0.2) is 0 Å². The van der Waals surface area contributed by atoms with E-state index in [-0.39, 0.29) is 0 Å². The molecule has 0 aliphatic carbocycles. The topological polar surface area (TPSA) is 17.1 Å². The number of hydrogen-bond acceptors (Lipinski definition) is 1. The molecule has 100 valence electrons. The third-order valence-corrected chi connectivity index (χ3v) is 7.17. The van der Waals surface area contributed by atoms with Crippen molar-refractivity contribution in [2.24, 2.45) is 0 Å². The molecule has 0 fully saturated rings. The molecule has 0 bridgehead atoms. The lowest BCUT2D eigenvalue weighted by Crippen LogP contribution is -2.49. The zero-order valence-corrected chi connectivity index (χ0v) is 13.2. The van der Waals surface area contributed by atoms with E-state index in [1.165, 1.54) is 5.19 Å². The molecule has 1 nitrogen and oxygen atoms in total. The van der Waals surface area contributed by atoms with Crippen LogP contribution in [0.15, 0.2) is 30.3 Å². The number of rotatable bonds is 8. The van der Waals surface area contributed by atoms with E-state index in [4.69, 9.17) is 11.6 Å². The number of carbonyl (C=O) groups is 1. The molecule has 3 heteroatoms. The molecule has 0 atom stereocenters. The molecular weight excluding hydrogens is 260 g/mol. The molecule has 0 radical (unpaired) electrons. The van der Waals surface area contributed by atoms with E-state index in [9.17, 15) is 4.79 Å². The van der Waals surface area contributed by atoms with Crippen LogP contribution in [0.2, 0.25) is 13.1 Å². The Kier molecular flexibility index (Phi) is 6.65. The molecule has 1 rings (SSSR count). The van der Waals surface area contributed by atoms with Crippen LogP contribution in [0, 0.1) is 0 Å². The third-order valence-electron chi connectivity index (χ3n) is 3.48. The first kappa shape index (κ1) is 15.5. The average molecular weight is 283 g/mol. The first-order valence-electron chi connectivity index (χ1n) is 6.74. The molecular formula is C15H23ClOSi. The van der Waals surface area contributed by atoms with Crippen LogP contribution in [-0.4, -0.2) is 19.4 Å². The van der Waals surface area contributed by atoms with E-state index in [2.05, 4.69) is 25.2 Å². The van der Waals surface area contributed by atoms with Crippen molar-refractivity contribution in [2.45, 2.75) is 45.2 Å². The van der Waals surface area contributed by atoms with Gasteiger partial charge in [0.2, 0.25) is 0 Å². The summed E-state index contributed by atoms with van der Waals surface area (Å²) >= 11 is 5.64. The predicted molar refractivity (Wildman–Crippen MR) is 82.4 cm³/mol. The highest BCUT2D eigenvalue weighted by atomic mass is 35.5. The number of halogens is 1. The minimum atomic E-state index is -1.92. The van der Waals surface area contributed by atoms with E-state index >= 15 is 0 Å². The molecule has 18 heavy (non-hydrogen) atoms. The molecule has 1 aromatic rings. The highest BCUT2D eigenvalue weighted by molar-refractivity contribution is 7.13. The molecule has 0 unspecified atom stereocenters. The van der Waals surface area contributed by atoms with Crippen LogP contribution < -0.4 is 5.19 Å². The highest BCUT2D eigenvalue weighted by Crippen LogP contribution is 2.11. The van der Waals surface area contributed by atoms with Crippen molar-refractivity contribution < 1.29 is 4.79 Å². The number of carbonyl (C=O) groups excluding carboxylic acids is 1. The Bertz CT molecular complexity index is 362. The monoisotopic (exact) mass is 282 g/mol. The number of unbranched alkanes of at least 4 members (excludes halogenated alkanes) is 3. The maximum Gasteiger partial charge on any atom is 0.157 e. The lowest BCUT2D eigenvalue weighted by atomic mass is 10.2. The smallest absolute Gasteiger partial charge is 0.157 e. The van der Waals surface area contributed by atoms with Gasteiger partial charge in [-0.15, -0.1) is 11.6 Å².